The van der Waals surface area contributed by atoms with Crippen LogP contribution in [0, 0.1) is 13.8 Å². The van der Waals surface area contributed by atoms with E-state index in [1.54, 1.807) is 22.8 Å². The smallest absolute Gasteiger partial charge is 0.255 e. The molecular weight excluding hydrogens is 446 g/mol. The minimum Gasteiger partial charge on any atom is -0.322 e. The van der Waals surface area contributed by atoms with E-state index in [4.69, 9.17) is 4.98 Å². The SMILES string of the molecule is Cc1cc(N2CCN(C)S2=O)ccc1C(=O)Nc1ccc(C)c(-c2ccc3cnccc3n2)c1. The van der Waals surface area contributed by atoms with E-state index in [1.165, 1.54) is 0 Å². The van der Waals surface area contributed by atoms with E-state index in [1.807, 2.05) is 73.7 Å². The Bertz CT molecular complexity index is 1440. The lowest BCUT2D eigenvalue weighted by Gasteiger charge is -2.18. The van der Waals surface area contributed by atoms with Crippen LogP contribution in [0.1, 0.15) is 21.5 Å². The Morgan fingerprint density at radius 1 is 1.00 bits per heavy atom. The monoisotopic (exact) mass is 471 g/mol. The van der Waals surface area contributed by atoms with Gasteiger partial charge in [0, 0.05) is 54.7 Å². The fraction of sp³-hybridized carbons (Fsp3) is 0.192. The molecule has 1 saturated heterocycles. The van der Waals surface area contributed by atoms with Gasteiger partial charge in [0.15, 0.2) is 11.2 Å². The molecule has 0 bridgehead atoms. The van der Waals surface area contributed by atoms with Crippen LogP contribution in [0.5, 0.6) is 0 Å². The van der Waals surface area contributed by atoms with Gasteiger partial charge < -0.3 is 5.32 Å². The van der Waals surface area contributed by atoms with Gasteiger partial charge in [0.2, 0.25) is 0 Å². The number of rotatable bonds is 4. The summed E-state index contributed by atoms with van der Waals surface area (Å²) in [7, 11) is 1.84. The number of nitrogens with zero attached hydrogens (tertiary/aromatic N) is 4. The number of aromatic nitrogens is 2. The highest BCUT2D eigenvalue weighted by atomic mass is 32.2. The van der Waals surface area contributed by atoms with Crippen LogP contribution in [-0.4, -0.2) is 44.5 Å². The molecule has 0 radical (unpaired) electrons. The largest absolute Gasteiger partial charge is 0.322 e. The lowest BCUT2D eigenvalue weighted by molar-refractivity contribution is 0.102. The third-order valence-electron chi connectivity index (χ3n) is 6.08. The number of anilines is 2. The number of pyridine rings is 2. The Morgan fingerprint density at radius 2 is 1.85 bits per heavy atom. The van der Waals surface area contributed by atoms with E-state index >= 15 is 0 Å². The van der Waals surface area contributed by atoms with Crippen molar-refractivity contribution in [3.63, 3.8) is 0 Å². The second-order valence-electron chi connectivity index (χ2n) is 8.43. The van der Waals surface area contributed by atoms with Crippen molar-refractivity contribution < 1.29 is 9.00 Å². The molecule has 4 aromatic rings. The Morgan fingerprint density at radius 3 is 2.62 bits per heavy atom. The quantitative estimate of drug-likeness (QED) is 0.476. The van der Waals surface area contributed by atoms with Crippen molar-refractivity contribution >= 4 is 39.4 Å². The van der Waals surface area contributed by atoms with E-state index < -0.39 is 11.2 Å². The number of hydrogen-bond donors (Lipinski definition) is 1. The molecule has 1 aliphatic heterocycles. The van der Waals surface area contributed by atoms with Gasteiger partial charge in [-0.1, -0.05) is 6.07 Å². The van der Waals surface area contributed by atoms with Gasteiger partial charge in [-0.2, -0.15) is 0 Å². The van der Waals surface area contributed by atoms with Crippen LogP contribution < -0.4 is 9.62 Å². The average molecular weight is 472 g/mol. The fourth-order valence-corrected chi connectivity index (χ4v) is 5.23. The minimum atomic E-state index is -1.19. The lowest BCUT2D eigenvalue weighted by Crippen LogP contribution is -2.24. The van der Waals surface area contributed by atoms with Gasteiger partial charge in [0.1, 0.15) is 0 Å². The highest BCUT2D eigenvalue weighted by molar-refractivity contribution is 7.84. The van der Waals surface area contributed by atoms with Crippen LogP contribution >= 0.6 is 0 Å². The normalized spacial score (nSPS) is 16.2. The van der Waals surface area contributed by atoms with Gasteiger partial charge in [-0.05, 0) is 73.5 Å². The van der Waals surface area contributed by atoms with E-state index in [0.29, 0.717) is 17.8 Å². The van der Waals surface area contributed by atoms with Crippen molar-refractivity contribution in [2.24, 2.45) is 0 Å². The molecule has 1 fully saturated rings. The summed E-state index contributed by atoms with van der Waals surface area (Å²) in [6, 6.07) is 17.3. The van der Waals surface area contributed by atoms with Crippen LogP contribution in [0.2, 0.25) is 0 Å². The molecule has 7 nitrogen and oxygen atoms in total. The molecule has 0 spiro atoms. The molecule has 1 aliphatic rings. The zero-order valence-corrected chi connectivity index (χ0v) is 20.1. The average Bonchev–Trinajstić information content (AvgIpc) is 3.18. The number of aryl methyl sites for hydroxylation is 2. The topological polar surface area (TPSA) is 78.4 Å². The maximum Gasteiger partial charge on any atom is 0.255 e. The van der Waals surface area contributed by atoms with Crippen molar-refractivity contribution in [3.05, 3.63) is 83.7 Å². The van der Waals surface area contributed by atoms with E-state index in [0.717, 1.165) is 45.5 Å². The van der Waals surface area contributed by atoms with E-state index in [2.05, 4.69) is 10.3 Å². The molecule has 5 rings (SSSR count). The summed E-state index contributed by atoms with van der Waals surface area (Å²) in [5, 5.41) is 4.00. The molecule has 172 valence electrons. The number of nitrogens with one attached hydrogen (secondary N) is 1. The summed E-state index contributed by atoms with van der Waals surface area (Å²) in [5.74, 6) is -0.184. The number of fused-ring (bicyclic) bond motifs is 1. The van der Waals surface area contributed by atoms with E-state index in [-0.39, 0.29) is 5.91 Å². The predicted octanol–water partition coefficient (Wildman–Crippen LogP) is 4.50. The molecule has 2 aromatic carbocycles. The van der Waals surface area contributed by atoms with Crippen LogP contribution in [-0.2, 0) is 11.2 Å². The summed E-state index contributed by atoms with van der Waals surface area (Å²) < 4.78 is 16.0. The minimum absolute atomic E-state index is 0.184. The Hall–Kier alpha value is -3.62. The molecule has 1 atom stereocenters. The van der Waals surface area contributed by atoms with Gasteiger partial charge in [-0.15, -0.1) is 0 Å². The Kier molecular flexibility index (Phi) is 5.85. The molecule has 34 heavy (non-hydrogen) atoms. The lowest BCUT2D eigenvalue weighted by atomic mass is 10.0. The number of hydrogen-bond acceptors (Lipinski definition) is 4. The number of benzene rings is 2. The first-order valence-corrected chi connectivity index (χ1v) is 12.1. The molecule has 3 heterocycles. The van der Waals surface area contributed by atoms with Crippen molar-refractivity contribution in [1.29, 1.82) is 0 Å². The highest BCUT2D eigenvalue weighted by Gasteiger charge is 2.26. The number of amides is 1. The van der Waals surface area contributed by atoms with Crippen molar-refractivity contribution in [2.45, 2.75) is 13.8 Å². The molecule has 0 saturated carbocycles. The fourth-order valence-electron chi connectivity index (χ4n) is 4.12. The first kappa shape index (κ1) is 22.2. The van der Waals surface area contributed by atoms with Crippen molar-refractivity contribution in [1.82, 2.24) is 14.3 Å². The summed E-state index contributed by atoms with van der Waals surface area (Å²) in [4.78, 5) is 22.0. The second kappa shape index (κ2) is 8.96. The van der Waals surface area contributed by atoms with Crippen LogP contribution in [0.3, 0.4) is 0 Å². The summed E-state index contributed by atoms with van der Waals surface area (Å²) in [6.45, 7) is 5.36. The summed E-state index contributed by atoms with van der Waals surface area (Å²) in [6.07, 6.45) is 3.53. The van der Waals surface area contributed by atoms with Crippen molar-refractivity contribution in [3.8, 4) is 11.3 Å². The molecule has 1 N–H and O–H groups in total. The van der Waals surface area contributed by atoms with Gasteiger partial charge >= 0.3 is 0 Å². The predicted molar refractivity (Wildman–Crippen MR) is 137 cm³/mol. The molecule has 2 aromatic heterocycles. The molecular formula is C26H25N5O2S. The molecule has 1 unspecified atom stereocenters. The second-order valence-corrected chi connectivity index (χ2v) is 9.96. The number of likely N-dealkylation sites (N-methyl/N-ethyl adjacent to an activating group) is 1. The standard InChI is InChI=1S/C26H25N5O2S/c1-17-4-6-20(15-23(17)25-9-5-19-16-27-11-10-24(19)29-25)28-26(32)22-8-7-21(14-18(22)2)31-13-12-30(3)34(31)33/h4-11,14-16H,12-13H2,1-3H3,(H,28,32). The Labute approximate surface area is 201 Å². The zero-order valence-electron chi connectivity index (χ0n) is 19.3. The molecule has 1 amide bonds. The van der Waals surface area contributed by atoms with Crippen LogP contribution in [0.15, 0.2) is 67.0 Å². The van der Waals surface area contributed by atoms with Crippen LogP contribution in [0.25, 0.3) is 22.2 Å². The summed E-state index contributed by atoms with van der Waals surface area (Å²) >= 11 is -1.19. The third-order valence-corrected chi connectivity index (χ3v) is 7.56. The van der Waals surface area contributed by atoms with Gasteiger partial charge in [-0.25, -0.2) is 13.5 Å². The molecule has 0 aliphatic carbocycles. The molecule has 8 heteroatoms. The van der Waals surface area contributed by atoms with Gasteiger partial charge in [0.05, 0.1) is 16.9 Å². The number of carbonyl (C=O) groups is 1. The summed E-state index contributed by atoms with van der Waals surface area (Å²) in [5.41, 5.74) is 6.73. The Balaban J connectivity index is 1.39. The van der Waals surface area contributed by atoms with E-state index in [9.17, 15) is 9.00 Å². The van der Waals surface area contributed by atoms with Gasteiger partial charge in [-0.3, -0.25) is 14.1 Å². The third kappa shape index (κ3) is 4.18. The highest BCUT2D eigenvalue weighted by Crippen LogP contribution is 2.28. The van der Waals surface area contributed by atoms with Crippen LogP contribution in [0.4, 0.5) is 11.4 Å². The first-order chi connectivity index (χ1) is 16.4. The van der Waals surface area contributed by atoms with Gasteiger partial charge in [0.25, 0.3) is 5.91 Å². The van der Waals surface area contributed by atoms with Crippen molar-refractivity contribution in [2.75, 3.05) is 29.8 Å². The maximum absolute atomic E-state index is 13.1. The first-order valence-electron chi connectivity index (χ1n) is 11.1. The number of carbonyl (C=O) groups excluding carboxylic acids is 1. The maximum atomic E-state index is 13.1. The zero-order chi connectivity index (χ0) is 23.8.